The number of hydrogen-bond donors (Lipinski definition) is 1. The van der Waals surface area contributed by atoms with Crippen molar-refractivity contribution < 1.29 is 13.2 Å². The highest BCUT2D eigenvalue weighted by molar-refractivity contribution is 7.89. The minimum Gasteiger partial charge on any atom is -0.494 e. The molecule has 1 fully saturated rings. The Morgan fingerprint density at radius 3 is 2.54 bits per heavy atom. The lowest BCUT2D eigenvalue weighted by molar-refractivity contribution is 0.310. The van der Waals surface area contributed by atoms with Crippen molar-refractivity contribution >= 4 is 20.8 Å². The molecule has 0 radical (unpaired) electrons. The zero-order valence-corrected chi connectivity index (χ0v) is 15.1. The van der Waals surface area contributed by atoms with Crippen LogP contribution in [0.1, 0.15) is 39.5 Å². The predicted molar refractivity (Wildman–Crippen MR) is 96.9 cm³/mol. The van der Waals surface area contributed by atoms with Gasteiger partial charge < -0.3 is 4.74 Å². The summed E-state index contributed by atoms with van der Waals surface area (Å²) in [5.41, 5.74) is 0. The summed E-state index contributed by atoms with van der Waals surface area (Å²) >= 11 is 0. The van der Waals surface area contributed by atoms with Gasteiger partial charge in [0.2, 0.25) is 10.0 Å². The van der Waals surface area contributed by atoms with Crippen LogP contribution in [0.15, 0.2) is 41.3 Å². The highest BCUT2D eigenvalue weighted by Gasteiger charge is 2.26. The Morgan fingerprint density at radius 1 is 1.08 bits per heavy atom. The maximum absolute atomic E-state index is 12.7. The lowest BCUT2D eigenvalue weighted by Crippen LogP contribution is -2.40. The van der Waals surface area contributed by atoms with Gasteiger partial charge >= 0.3 is 0 Å². The number of benzene rings is 2. The van der Waals surface area contributed by atoms with Crippen LogP contribution in [0.2, 0.25) is 0 Å². The number of nitrogens with one attached hydrogen (secondary N) is 1. The summed E-state index contributed by atoms with van der Waals surface area (Å²) in [5, 5.41) is 1.88. The van der Waals surface area contributed by atoms with Crippen LogP contribution in [0, 0.1) is 5.92 Å². The van der Waals surface area contributed by atoms with E-state index in [4.69, 9.17) is 4.74 Å². The first-order valence-corrected chi connectivity index (χ1v) is 10.2. The molecule has 2 aromatic carbocycles. The lowest BCUT2D eigenvalue weighted by atomic mass is 9.87. The number of sulfonamides is 1. The van der Waals surface area contributed by atoms with E-state index in [-0.39, 0.29) is 6.04 Å². The van der Waals surface area contributed by atoms with Gasteiger partial charge in [0, 0.05) is 6.04 Å². The highest BCUT2D eigenvalue weighted by Crippen LogP contribution is 2.27. The zero-order valence-electron chi connectivity index (χ0n) is 14.3. The van der Waals surface area contributed by atoms with Gasteiger partial charge in [0.15, 0.2) is 0 Å². The van der Waals surface area contributed by atoms with E-state index >= 15 is 0 Å². The van der Waals surface area contributed by atoms with Crippen LogP contribution in [-0.4, -0.2) is 21.1 Å². The van der Waals surface area contributed by atoms with E-state index in [1.54, 1.807) is 12.1 Å². The summed E-state index contributed by atoms with van der Waals surface area (Å²) in [7, 11) is -3.49. The fourth-order valence-electron chi connectivity index (χ4n) is 3.38. The molecule has 24 heavy (non-hydrogen) atoms. The van der Waals surface area contributed by atoms with Gasteiger partial charge in [-0.1, -0.05) is 31.9 Å². The third kappa shape index (κ3) is 3.73. The number of ether oxygens (including phenoxy) is 1. The Balaban J connectivity index is 1.86. The summed E-state index contributed by atoms with van der Waals surface area (Å²) in [4.78, 5) is 0.330. The molecule has 3 rings (SSSR count). The molecule has 2 atom stereocenters. The van der Waals surface area contributed by atoms with E-state index in [0.29, 0.717) is 17.4 Å². The summed E-state index contributed by atoms with van der Waals surface area (Å²) in [6.45, 7) is 4.68. The Bertz CT molecular complexity index is 816. The van der Waals surface area contributed by atoms with Crippen LogP contribution in [0.25, 0.3) is 10.8 Å². The summed E-state index contributed by atoms with van der Waals surface area (Å²) in [5.74, 6) is 1.19. The van der Waals surface area contributed by atoms with Crippen molar-refractivity contribution in [2.24, 2.45) is 5.92 Å². The molecule has 5 heteroatoms. The highest BCUT2D eigenvalue weighted by atomic mass is 32.2. The molecule has 0 aromatic heterocycles. The SMILES string of the molecule is CCOc1ccc2cc(S(=O)(=O)NC3CCCCC3C)ccc2c1. The molecule has 1 aliphatic rings. The Hall–Kier alpha value is -1.59. The van der Waals surface area contributed by atoms with Gasteiger partial charge in [-0.05, 0) is 60.7 Å². The maximum Gasteiger partial charge on any atom is 0.240 e. The quantitative estimate of drug-likeness (QED) is 0.886. The van der Waals surface area contributed by atoms with Gasteiger partial charge in [-0.2, -0.15) is 0 Å². The third-order valence-electron chi connectivity index (χ3n) is 4.82. The molecule has 1 saturated carbocycles. The average Bonchev–Trinajstić information content (AvgIpc) is 2.56. The first kappa shape index (κ1) is 17.2. The fourth-order valence-corrected chi connectivity index (χ4v) is 4.80. The van der Waals surface area contributed by atoms with Crippen molar-refractivity contribution in [1.82, 2.24) is 4.72 Å². The van der Waals surface area contributed by atoms with Crippen molar-refractivity contribution in [1.29, 1.82) is 0 Å². The lowest BCUT2D eigenvalue weighted by Gasteiger charge is -2.29. The third-order valence-corrected chi connectivity index (χ3v) is 6.31. The summed E-state index contributed by atoms with van der Waals surface area (Å²) < 4.78 is 33.8. The van der Waals surface area contributed by atoms with Gasteiger partial charge in [0.1, 0.15) is 5.75 Å². The van der Waals surface area contributed by atoms with Crippen LogP contribution in [0.4, 0.5) is 0 Å². The monoisotopic (exact) mass is 347 g/mol. The van der Waals surface area contributed by atoms with E-state index in [1.165, 1.54) is 6.42 Å². The Labute approximate surface area is 144 Å². The van der Waals surface area contributed by atoms with Crippen LogP contribution < -0.4 is 9.46 Å². The van der Waals surface area contributed by atoms with E-state index in [2.05, 4.69) is 11.6 Å². The molecule has 0 spiro atoms. The van der Waals surface area contributed by atoms with Gasteiger partial charge in [0.05, 0.1) is 11.5 Å². The van der Waals surface area contributed by atoms with E-state index in [1.807, 2.05) is 31.2 Å². The Kier molecular flexibility index (Phi) is 5.11. The van der Waals surface area contributed by atoms with Crippen molar-refractivity contribution in [3.8, 4) is 5.75 Å². The smallest absolute Gasteiger partial charge is 0.240 e. The van der Waals surface area contributed by atoms with Gasteiger partial charge in [-0.15, -0.1) is 0 Å². The molecule has 0 saturated heterocycles. The van der Waals surface area contributed by atoms with Crippen LogP contribution >= 0.6 is 0 Å². The molecule has 2 unspecified atom stereocenters. The summed E-state index contributed by atoms with van der Waals surface area (Å²) in [6, 6.07) is 11.0. The van der Waals surface area contributed by atoms with Crippen molar-refractivity contribution in [3.63, 3.8) is 0 Å². The molecule has 0 amide bonds. The van der Waals surface area contributed by atoms with Gasteiger partial charge in [-0.3, -0.25) is 0 Å². The molecule has 1 N–H and O–H groups in total. The Morgan fingerprint density at radius 2 is 1.79 bits per heavy atom. The molecule has 0 heterocycles. The number of rotatable bonds is 5. The van der Waals surface area contributed by atoms with Crippen molar-refractivity contribution in [3.05, 3.63) is 36.4 Å². The number of fused-ring (bicyclic) bond motifs is 1. The topological polar surface area (TPSA) is 55.4 Å². The van der Waals surface area contributed by atoms with Crippen LogP contribution in [0.5, 0.6) is 5.75 Å². The first-order valence-electron chi connectivity index (χ1n) is 8.68. The van der Waals surface area contributed by atoms with Crippen LogP contribution in [-0.2, 0) is 10.0 Å². The molecule has 0 aliphatic heterocycles. The first-order chi connectivity index (χ1) is 11.5. The fraction of sp³-hybridized carbons (Fsp3) is 0.474. The second kappa shape index (κ2) is 7.11. The molecule has 130 valence electrons. The molecule has 0 bridgehead atoms. The summed E-state index contributed by atoms with van der Waals surface area (Å²) in [6.07, 6.45) is 4.30. The van der Waals surface area contributed by atoms with E-state index in [0.717, 1.165) is 35.8 Å². The largest absolute Gasteiger partial charge is 0.494 e. The molecule has 4 nitrogen and oxygen atoms in total. The molecule has 2 aromatic rings. The standard InChI is InChI=1S/C19H25NO3S/c1-3-23-17-10-8-16-13-18(11-9-15(16)12-17)24(21,22)20-19-7-5-4-6-14(19)2/h8-14,19-20H,3-7H2,1-2H3. The average molecular weight is 347 g/mol. The minimum atomic E-state index is -3.49. The maximum atomic E-state index is 12.7. The van der Waals surface area contributed by atoms with E-state index in [9.17, 15) is 8.42 Å². The molecular weight excluding hydrogens is 322 g/mol. The van der Waals surface area contributed by atoms with Crippen LogP contribution in [0.3, 0.4) is 0 Å². The number of hydrogen-bond acceptors (Lipinski definition) is 3. The van der Waals surface area contributed by atoms with E-state index < -0.39 is 10.0 Å². The predicted octanol–water partition coefficient (Wildman–Crippen LogP) is 4.10. The van der Waals surface area contributed by atoms with Gasteiger partial charge in [0.25, 0.3) is 0 Å². The minimum absolute atomic E-state index is 0.0415. The van der Waals surface area contributed by atoms with Crippen molar-refractivity contribution in [2.45, 2.75) is 50.5 Å². The second-order valence-corrected chi connectivity index (χ2v) is 8.31. The van der Waals surface area contributed by atoms with Gasteiger partial charge in [-0.25, -0.2) is 13.1 Å². The molecule has 1 aliphatic carbocycles. The zero-order chi connectivity index (χ0) is 17.2. The molecular formula is C19H25NO3S. The second-order valence-electron chi connectivity index (χ2n) is 6.59. The van der Waals surface area contributed by atoms with Crippen molar-refractivity contribution in [2.75, 3.05) is 6.61 Å². The normalized spacial score (nSPS) is 21.8.